The Kier molecular flexibility index (Phi) is 6.35. The van der Waals surface area contributed by atoms with Gasteiger partial charge in [0.2, 0.25) is 5.78 Å². The van der Waals surface area contributed by atoms with Gasteiger partial charge < -0.3 is 9.47 Å². The first kappa shape index (κ1) is 16.4. The number of Topliss-reactive ketones (excluding diaryl/α,β-unsaturated/α-hetero) is 1. The summed E-state index contributed by atoms with van der Waals surface area (Å²) in [6, 6.07) is 0. The van der Waals surface area contributed by atoms with Crippen LogP contribution >= 0.6 is 0 Å². The van der Waals surface area contributed by atoms with Crippen LogP contribution in [0.2, 0.25) is 0 Å². The van der Waals surface area contributed by atoms with Gasteiger partial charge in [0.15, 0.2) is 0 Å². The molecular formula is C10H12F4O4. The molecule has 104 valence electrons. The molecule has 1 atom stereocenters. The molecule has 4 nitrogen and oxygen atoms in total. The van der Waals surface area contributed by atoms with Crippen LogP contribution in [0.1, 0.15) is 13.8 Å². The fourth-order valence-electron chi connectivity index (χ4n) is 0.867. The van der Waals surface area contributed by atoms with Crippen molar-refractivity contribution in [2.45, 2.75) is 26.2 Å². The summed E-state index contributed by atoms with van der Waals surface area (Å²) < 4.78 is 57.7. The zero-order valence-corrected chi connectivity index (χ0v) is 9.71. The van der Waals surface area contributed by atoms with E-state index < -0.39 is 29.7 Å². The summed E-state index contributed by atoms with van der Waals surface area (Å²) in [5.74, 6) is -3.39. The van der Waals surface area contributed by atoms with Gasteiger partial charge in [0, 0.05) is 0 Å². The van der Waals surface area contributed by atoms with Crippen LogP contribution in [0.3, 0.4) is 0 Å². The van der Waals surface area contributed by atoms with Crippen LogP contribution in [0.5, 0.6) is 0 Å². The molecule has 0 rings (SSSR count). The summed E-state index contributed by atoms with van der Waals surface area (Å²) in [7, 11) is 0. The molecule has 1 unspecified atom stereocenters. The Morgan fingerprint density at radius 3 is 2.17 bits per heavy atom. The second-order valence-electron chi connectivity index (χ2n) is 2.98. The maximum absolute atomic E-state index is 12.8. The quantitative estimate of drug-likeness (QED) is 0.185. The summed E-state index contributed by atoms with van der Waals surface area (Å²) in [5.41, 5.74) is -1.11. The van der Waals surface area contributed by atoms with Gasteiger partial charge >= 0.3 is 12.1 Å². The van der Waals surface area contributed by atoms with Gasteiger partial charge in [0.05, 0.1) is 13.2 Å². The zero-order chi connectivity index (χ0) is 14.3. The predicted molar refractivity (Wildman–Crippen MR) is 52.3 cm³/mol. The van der Waals surface area contributed by atoms with E-state index in [9.17, 15) is 27.2 Å². The maximum Gasteiger partial charge on any atom is 0.427 e. The van der Waals surface area contributed by atoms with Crippen LogP contribution in [0.15, 0.2) is 11.8 Å². The van der Waals surface area contributed by atoms with Gasteiger partial charge in [-0.25, -0.2) is 9.18 Å². The number of hydrogen-bond acceptors (Lipinski definition) is 4. The lowest BCUT2D eigenvalue weighted by Crippen LogP contribution is -2.35. The second kappa shape index (κ2) is 6.97. The first-order valence-electron chi connectivity index (χ1n) is 4.99. The molecule has 0 heterocycles. The third-order valence-electron chi connectivity index (χ3n) is 1.65. The minimum Gasteiger partial charge on any atom is -0.500 e. The lowest BCUT2D eigenvalue weighted by Gasteiger charge is -2.12. The van der Waals surface area contributed by atoms with Crippen molar-refractivity contribution < 1.29 is 36.6 Å². The number of halogens is 4. The Bertz CT molecular complexity index is 335. The van der Waals surface area contributed by atoms with Gasteiger partial charge in [-0.15, -0.1) is 0 Å². The van der Waals surface area contributed by atoms with Crippen molar-refractivity contribution in [3.8, 4) is 0 Å². The molecule has 0 aliphatic heterocycles. The Hall–Kier alpha value is -1.60. The number of carbonyl (C=O) groups is 2. The number of esters is 1. The molecule has 18 heavy (non-hydrogen) atoms. The van der Waals surface area contributed by atoms with Gasteiger partial charge in [0.1, 0.15) is 11.8 Å². The van der Waals surface area contributed by atoms with Crippen LogP contribution in [0, 0.1) is 0 Å². The Morgan fingerprint density at radius 1 is 1.22 bits per heavy atom. The van der Waals surface area contributed by atoms with Crippen molar-refractivity contribution in [3.63, 3.8) is 0 Å². The van der Waals surface area contributed by atoms with Crippen molar-refractivity contribution in [1.82, 2.24) is 0 Å². The summed E-state index contributed by atoms with van der Waals surface area (Å²) in [5, 5.41) is 0. The second-order valence-corrected chi connectivity index (χ2v) is 2.98. The van der Waals surface area contributed by atoms with Crippen LogP contribution in [0.25, 0.3) is 0 Å². The SMILES string of the molecule is CCO/C=C(/C(=O)OCC)C(=O)C(F)C(F)(F)F. The first-order valence-corrected chi connectivity index (χ1v) is 4.99. The van der Waals surface area contributed by atoms with Gasteiger partial charge in [-0.3, -0.25) is 4.79 Å². The van der Waals surface area contributed by atoms with Crippen molar-refractivity contribution in [3.05, 3.63) is 11.8 Å². The minimum absolute atomic E-state index is 0.000838. The molecule has 0 aliphatic rings. The van der Waals surface area contributed by atoms with Crippen molar-refractivity contribution in [2.75, 3.05) is 13.2 Å². The van der Waals surface area contributed by atoms with E-state index >= 15 is 0 Å². The van der Waals surface area contributed by atoms with Crippen molar-refractivity contribution in [2.24, 2.45) is 0 Å². The fraction of sp³-hybridized carbons (Fsp3) is 0.600. The smallest absolute Gasteiger partial charge is 0.427 e. The predicted octanol–water partition coefficient (Wildman–Crippen LogP) is 1.94. The summed E-state index contributed by atoms with van der Waals surface area (Å²) in [6.07, 6.45) is -8.69. The first-order chi connectivity index (χ1) is 8.25. The van der Waals surface area contributed by atoms with Gasteiger partial charge in [0.25, 0.3) is 6.17 Å². The van der Waals surface area contributed by atoms with Crippen LogP contribution in [0.4, 0.5) is 17.6 Å². The fourth-order valence-corrected chi connectivity index (χ4v) is 0.867. The van der Waals surface area contributed by atoms with E-state index in [2.05, 4.69) is 9.47 Å². The highest BCUT2D eigenvalue weighted by Gasteiger charge is 2.47. The normalized spacial score (nSPS) is 14.0. The number of rotatable bonds is 6. The maximum atomic E-state index is 12.8. The van der Waals surface area contributed by atoms with E-state index in [-0.39, 0.29) is 13.2 Å². The molecule has 0 spiro atoms. The molecule has 0 fully saturated rings. The summed E-state index contributed by atoms with van der Waals surface area (Å²) >= 11 is 0. The number of hydrogen-bond donors (Lipinski definition) is 0. The highest BCUT2D eigenvalue weighted by atomic mass is 19.4. The molecule has 0 saturated heterocycles. The standard InChI is InChI=1S/C10H12F4O4/c1-3-17-5-6(9(16)18-4-2)7(15)8(11)10(12,13)14/h5,8H,3-4H2,1-2H3/b6-5+. The van der Waals surface area contributed by atoms with Gasteiger partial charge in [-0.05, 0) is 13.8 Å². The van der Waals surface area contributed by atoms with Gasteiger partial charge in [-0.2, -0.15) is 13.2 Å². The molecule has 0 amide bonds. The summed E-state index contributed by atoms with van der Waals surface area (Å²) in [4.78, 5) is 22.4. The lowest BCUT2D eigenvalue weighted by atomic mass is 10.1. The van der Waals surface area contributed by atoms with E-state index in [0.717, 1.165) is 0 Å². The third kappa shape index (κ3) is 4.72. The molecule has 0 aromatic heterocycles. The van der Waals surface area contributed by atoms with Crippen LogP contribution < -0.4 is 0 Å². The Morgan fingerprint density at radius 2 is 1.78 bits per heavy atom. The van der Waals surface area contributed by atoms with Crippen LogP contribution in [-0.4, -0.2) is 37.3 Å². The molecule has 0 aromatic rings. The average Bonchev–Trinajstić information content (AvgIpc) is 2.27. The van der Waals surface area contributed by atoms with E-state index in [1.54, 1.807) is 0 Å². The molecule has 0 saturated carbocycles. The monoisotopic (exact) mass is 272 g/mol. The Labute approximate surface area is 101 Å². The van der Waals surface area contributed by atoms with Gasteiger partial charge in [-0.1, -0.05) is 0 Å². The van der Waals surface area contributed by atoms with Crippen LogP contribution in [-0.2, 0) is 19.1 Å². The van der Waals surface area contributed by atoms with E-state index in [4.69, 9.17) is 0 Å². The zero-order valence-electron chi connectivity index (χ0n) is 9.71. The van der Waals surface area contributed by atoms with Crippen molar-refractivity contribution >= 4 is 11.8 Å². The molecule has 0 N–H and O–H groups in total. The van der Waals surface area contributed by atoms with E-state index in [0.29, 0.717) is 6.26 Å². The third-order valence-corrected chi connectivity index (χ3v) is 1.65. The Balaban J connectivity index is 5.09. The minimum atomic E-state index is -5.38. The van der Waals surface area contributed by atoms with E-state index in [1.807, 2.05) is 0 Å². The number of ether oxygens (including phenoxy) is 2. The highest BCUT2D eigenvalue weighted by molar-refractivity contribution is 6.18. The molecule has 0 radical (unpaired) electrons. The van der Waals surface area contributed by atoms with Crippen molar-refractivity contribution in [1.29, 1.82) is 0 Å². The average molecular weight is 272 g/mol. The summed E-state index contributed by atoms with van der Waals surface area (Å²) in [6.45, 7) is 2.69. The topological polar surface area (TPSA) is 52.6 Å². The number of ketones is 1. The molecule has 8 heteroatoms. The molecule has 0 bridgehead atoms. The number of carbonyl (C=O) groups excluding carboxylic acids is 2. The highest BCUT2D eigenvalue weighted by Crippen LogP contribution is 2.26. The number of alkyl halides is 4. The molecule has 0 aliphatic carbocycles. The lowest BCUT2D eigenvalue weighted by molar-refractivity contribution is -0.183. The largest absolute Gasteiger partial charge is 0.500 e. The molecule has 0 aromatic carbocycles. The molecular weight excluding hydrogens is 260 g/mol. The van der Waals surface area contributed by atoms with E-state index in [1.165, 1.54) is 13.8 Å².